The number of anilines is 1. The molecule has 3 rings (SSSR count). The zero-order valence-electron chi connectivity index (χ0n) is 12.2. The van der Waals surface area contributed by atoms with Crippen molar-refractivity contribution in [3.63, 3.8) is 0 Å². The minimum Gasteiger partial charge on any atom is -0.334 e. The molecule has 2 N–H and O–H groups in total. The number of likely N-dealkylation sites (N-methyl/N-ethyl adjacent to an activating group) is 1. The zero-order chi connectivity index (χ0) is 15.5. The summed E-state index contributed by atoms with van der Waals surface area (Å²) in [5.74, 6) is -0.309. The molecule has 0 aliphatic carbocycles. The van der Waals surface area contributed by atoms with E-state index in [1.165, 1.54) is 28.3 Å². The smallest absolute Gasteiger partial charge is 0.321 e. The Morgan fingerprint density at radius 3 is 3.18 bits per heavy atom. The topological polar surface area (TPSA) is 57.3 Å². The molecule has 1 aliphatic heterocycles. The second-order valence-corrected chi connectivity index (χ2v) is 6.40. The summed E-state index contributed by atoms with van der Waals surface area (Å²) >= 11 is 1.51. The quantitative estimate of drug-likeness (QED) is 0.914. The molecule has 0 saturated heterocycles. The van der Waals surface area contributed by atoms with Crippen LogP contribution in [0, 0.1) is 5.82 Å². The van der Waals surface area contributed by atoms with E-state index in [0.29, 0.717) is 5.13 Å². The molecule has 5 nitrogen and oxygen atoms in total. The van der Waals surface area contributed by atoms with Gasteiger partial charge in [0.15, 0.2) is 5.13 Å². The summed E-state index contributed by atoms with van der Waals surface area (Å²) in [5.41, 5.74) is 1.79. The van der Waals surface area contributed by atoms with Gasteiger partial charge in [-0.15, -0.1) is 11.3 Å². The van der Waals surface area contributed by atoms with Gasteiger partial charge in [-0.3, -0.25) is 5.32 Å². The first-order valence-corrected chi connectivity index (χ1v) is 7.88. The van der Waals surface area contributed by atoms with Crippen molar-refractivity contribution in [2.45, 2.75) is 19.5 Å². The molecule has 0 saturated carbocycles. The summed E-state index contributed by atoms with van der Waals surface area (Å²) in [7, 11) is 2.07. The van der Waals surface area contributed by atoms with Crippen molar-refractivity contribution >= 4 is 22.5 Å². The number of hydrogen-bond donors (Lipinski definition) is 2. The van der Waals surface area contributed by atoms with Gasteiger partial charge in [-0.1, -0.05) is 12.1 Å². The van der Waals surface area contributed by atoms with E-state index in [-0.39, 0.29) is 18.4 Å². The van der Waals surface area contributed by atoms with Crippen LogP contribution in [0.1, 0.15) is 16.1 Å². The zero-order valence-corrected chi connectivity index (χ0v) is 13.0. The number of halogens is 1. The first-order valence-electron chi connectivity index (χ1n) is 7.06. The van der Waals surface area contributed by atoms with Crippen molar-refractivity contribution in [1.29, 1.82) is 0 Å². The lowest BCUT2D eigenvalue weighted by Crippen LogP contribution is -2.28. The molecule has 22 heavy (non-hydrogen) atoms. The monoisotopic (exact) mass is 320 g/mol. The van der Waals surface area contributed by atoms with E-state index in [2.05, 4.69) is 27.6 Å². The average molecular weight is 320 g/mol. The van der Waals surface area contributed by atoms with Crippen molar-refractivity contribution in [2.75, 3.05) is 18.9 Å². The van der Waals surface area contributed by atoms with Crippen LogP contribution in [-0.4, -0.2) is 29.5 Å². The maximum atomic E-state index is 13.1. The number of rotatable bonds is 3. The van der Waals surface area contributed by atoms with Crippen LogP contribution in [0.25, 0.3) is 0 Å². The number of urea groups is 1. The predicted octanol–water partition coefficient (Wildman–Crippen LogP) is 2.59. The van der Waals surface area contributed by atoms with Crippen molar-refractivity contribution < 1.29 is 9.18 Å². The minimum absolute atomic E-state index is 0.275. The maximum absolute atomic E-state index is 13.1. The van der Waals surface area contributed by atoms with Gasteiger partial charge in [0.05, 0.1) is 5.69 Å². The van der Waals surface area contributed by atoms with Crippen LogP contribution >= 0.6 is 11.3 Å². The van der Waals surface area contributed by atoms with Gasteiger partial charge < -0.3 is 10.2 Å². The number of nitrogens with one attached hydrogen (secondary N) is 2. The number of hydrogen-bond acceptors (Lipinski definition) is 4. The van der Waals surface area contributed by atoms with E-state index < -0.39 is 0 Å². The highest BCUT2D eigenvalue weighted by Crippen LogP contribution is 2.27. The molecular formula is C15H17FN4OS. The van der Waals surface area contributed by atoms with E-state index in [1.54, 1.807) is 12.1 Å². The number of nitrogens with zero attached hydrogens (tertiary/aromatic N) is 2. The number of benzene rings is 1. The molecule has 7 heteroatoms. The summed E-state index contributed by atoms with van der Waals surface area (Å²) in [6, 6.07) is 5.83. The van der Waals surface area contributed by atoms with Gasteiger partial charge in [-0.2, -0.15) is 0 Å². The summed E-state index contributed by atoms with van der Waals surface area (Å²) < 4.78 is 13.1. The summed E-state index contributed by atoms with van der Waals surface area (Å²) in [4.78, 5) is 19.8. The molecule has 0 spiro atoms. The third-order valence-electron chi connectivity index (χ3n) is 3.48. The molecule has 0 radical (unpaired) electrons. The van der Waals surface area contributed by atoms with Crippen molar-refractivity contribution in [3.05, 3.63) is 46.2 Å². The number of carbonyl (C=O) groups excluding carboxylic acids is 1. The van der Waals surface area contributed by atoms with Crippen LogP contribution in [0.15, 0.2) is 24.3 Å². The Kier molecular flexibility index (Phi) is 4.35. The maximum Gasteiger partial charge on any atom is 0.321 e. The van der Waals surface area contributed by atoms with Crippen LogP contribution in [0.4, 0.5) is 14.3 Å². The standard InChI is InChI=1S/C15H17FN4OS/c1-20-6-5-12-13(9-20)22-15(18-12)19-14(21)17-8-10-3-2-4-11(16)7-10/h2-4,7H,5-6,8-9H2,1H3,(H2,17,18,19,21). The van der Waals surface area contributed by atoms with E-state index in [1.807, 2.05) is 0 Å². The highest BCUT2D eigenvalue weighted by Gasteiger charge is 2.18. The summed E-state index contributed by atoms with van der Waals surface area (Å²) in [6.45, 7) is 2.14. The van der Waals surface area contributed by atoms with Gasteiger partial charge in [0, 0.05) is 30.9 Å². The first-order chi connectivity index (χ1) is 10.6. The fourth-order valence-corrected chi connectivity index (χ4v) is 3.43. The fraction of sp³-hybridized carbons (Fsp3) is 0.333. The van der Waals surface area contributed by atoms with Crippen molar-refractivity contribution in [1.82, 2.24) is 15.2 Å². The molecule has 0 fully saturated rings. The normalized spacial score (nSPS) is 14.5. The molecule has 0 unspecified atom stereocenters. The van der Waals surface area contributed by atoms with Crippen LogP contribution in [0.3, 0.4) is 0 Å². The van der Waals surface area contributed by atoms with Gasteiger partial charge in [-0.25, -0.2) is 14.2 Å². The number of carbonyl (C=O) groups is 1. The molecule has 2 heterocycles. The molecule has 2 amide bonds. The van der Waals surface area contributed by atoms with E-state index in [0.717, 1.165) is 30.8 Å². The molecule has 2 aromatic rings. The highest BCUT2D eigenvalue weighted by atomic mass is 32.1. The van der Waals surface area contributed by atoms with Gasteiger partial charge in [0.2, 0.25) is 0 Å². The molecular weight excluding hydrogens is 303 g/mol. The van der Waals surface area contributed by atoms with E-state index in [9.17, 15) is 9.18 Å². The van der Waals surface area contributed by atoms with Gasteiger partial charge in [0.25, 0.3) is 0 Å². The lowest BCUT2D eigenvalue weighted by molar-refractivity contribution is 0.251. The highest BCUT2D eigenvalue weighted by molar-refractivity contribution is 7.15. The molecule has 116 valence electrons. The molecule has 1 aromatic carbocycles. The first kappa shape index (κ1) is 14.9. The minimum atomic E-state index is -0.330. The van der Waals surface area contributed by atoms with E-state index >= 15 is 0 Å². The third-order valence-corrected chi connectivity index (χ3v) is 4.48. The Hall–Kier alpha value is -1.99. The number of aromatic nitrogens is 1. The molecule has 0 bridgehead atoms. The number of thiazole rings is 1. The van der Waals surface area contributed by atoms with Crippen LogP contribution in [0.2, 0.25) is 0 Å². The Labute approximate surface area is 132 Å². The van der Waals surface area contributed by atoms with Gasteiger partial charge >= 0.3 is 6.03 Å². The summed E-state index contributed by atoms with van der Waals surface area (Å²) in [6.07, 6.45) is 0.912. The fourth-order valence-electron chi connectivity index (χ4n) is 2.35. The molecule has 1 aromatic heterocycles. The number of amides is 2. The third kappa shape index (κ3) is 3.61. The van der Waals surface area contributed by atoms with E-state index in [4.69, 9.17) is 0 Å². The van der Waals surface area contributed by atoms with Crippen LogP contribution in [0.5, 0.6) is 0 Å². The Morgan fingerprint density at radius 1 is 1.50 bits per heavy atom. The summed E-state index contributed by atoms with van der Waals surface area (Å²) in [5, 5.41) is 6.06. The predicted molar refractivity (Wildman–Crippen MR) is 84.4 cm³/mol. The molecule has 1 aliphatic rings. The van der Waals surface area contributed by atoms with Crippen LogP contribution < -0.4 is 10.6 Å². The van der Waals surface area contributed by atoms with Crippen molar-refractivity contribution in [2.24, 2.45) is 0 Å². The lowest BCUT2D eigenvalue weighted by atomic mass is 10.2. The largest absolute Gasteiger partial charge is 0.334 e. The van der Waals surface area contributed by atoms with Gasteiger partial charge in [-0.05, 0) is 24.7 Å². The Balaban J connectivity index is 1.56. The second kappa shape index (κ2) is 6.41. The molecule has 0 atom stereocenters. The van der Waals surface area contributed by atoms with Crippen molar-refractivity contribution in [3.8, 4) is 0 Å². The Morgan fingerprint density at radius 2 is 2.36 bits per heavy atom. The average Bonchev–Trinajstić information content (AvgIpc) is 2.86. The second-order valence-electron chi connectivity index (χ2n) is 5.31. The van der Waals surface area contributed by atoms with Gasteiger partial charge in [0.1, 0.15) is 5.82 Å². The number of fused-ring (bicyclic) bond motifs is 1. The van der Waals surface area contributed by atoms with Crippen LogP contribution in [-0.2, 0) is 19.5 Å². The Bertz CT molecular complexity index is 688. The lowest BCUT2D eigenvalue weighted by Gasteiger charge is -2.20. The SMILES string of the molecule is CN1CCc2nc(NC(=O)NCc3cccc(F)c3)sc2C1.